The molecule has 3 N–H and O–H groups in total. The van der Waals surface area contributed by atoms with E-state index in [2.05, 4.69) is 5.32 Å². The highest BCUT2D eigenvalue weighted by Crippen LogP contribution is 2.09. The monoisotopic (exact) mass is 182 g/mol. The maximum Gasteiger partial charge on any atom is 0.125 e. The molecule has 0 saturated heterocycles. The fourth-order valence-electron chi connectivity index (χ4n) is 0.974. The second-order valence-corrected chi connectivity index (χ2v) is 3.23. The summed E-state index contributed by atoms with van der Waals surface area (Å²) in [5.41, 5.74) is 6.26. The van der Waals surface area contributed by atoms with E-state index in [1.165, 1.54) is 12.1 Å². The van der Waals surface area contributed by atoms with Gasteiger partial charge in [0.1, 0.15) is 5.82 Å². The SMILES string of the molecule is CC(CN)CNc1cccc(F)c1. The quantitative estimate of drug-likeness (QED) is 0.745. The lowest BCUT2D eigenvalue weighted by molar-refractivity contribution is 0.620. The maximum absolute atomic E-state index is 12.7. The van der Waals surface area contributed by atoms with E-state index in [-0.39, 0.29) is 5.82 Å². The summed E-state index contributed by atoms with van der Waals surface area (Å²) in [5.74, 6) is 0.189. The van der Waals surface area contributed by atoms with E-state index in [0.717, 1.165) is 12.2 Å². The summed E-state index contributed by atoms with van der Waals surface area (Å²) in [7, 11) is 0. The van der Waals surface area contributed by atoms with Crippen LogP contribution in [-0.2, 0) is 0 Å². The van der Waals surface area contributed by atoms with Crippen molar-refractivity contribution < 1.29 is 4.39 Å². The van der Waals surface area contributed by atoms with Gasteiger partial charge in [0.2, 0.25) is 0 Å². The third-order valence-electron chi connectivity index (χ3n) is 1.88. The molecule has 13 heavy (non-hydrogen) atoms. The first-order valence-electron chi connectivity index (χ1n) is 4.42. The van der Waals surface area contributed by atoms with Crippen LogP contribution in [0.25, 0.3) is 0 Å². The predicted octanol–water partition coefficient (Wildman–Crippen LogP) is 1.83. The number of hydrogen-bond donors (Lipinski definition) is 2. The molecule has 0 bridgehead atoms. The van der Waals surface area contributed by atoms with Crippen molar-refractivity contribution in [2.24, 2.45) is 11.7 Å². The van der Waals surface area contributed by atoms with Gasteiger partial charge in [-0.25, -0.2) is 4.39 Å². The van der Waals surface area contributed by atoms with Crippen LogP contribution in [0.3, 0.4) is 0 Å². The summed E-state index contributed by atoms with van der Waals surface area (Å²) in [4.78, 5) is 0. The van der Waals surface area contributed by atoms with Gasteiger partial charge in [-0.2, -0.15) is 0 Å². The molecular formula is C10H15FN2. The lowest BCUT2D eigenvalue weighted by Gasteiger charge is -2.10. The Labute approximate surface area is 77.9 Å². The molecule has 1 unspecified atom stereocenters. The summed E-state index contributed by atoms with van der Waals surface area (Å²) in [6.07, 6.45) is 0. The molecule has 1 rings (SSSR count). The van der Waals surface area contributed by atoms with E-state index in [1.54, 1.807) is 6.07 Å². The lowest BCUT2D eigenvalue weighted by Crippen LogP contribution is -2.19. The highest BCUT2D eigenvalue weighted by atomic mass is 19.1. The van der Waals surface area contributed by atoms with Crippen molar-refractivity contribution in [3.63, 3.8) is 0 Å². The van der Waals surface area contributed by atoms with Crippen molar-refractivity contribution in [2.75, 3.05) is 18.4 Å². The van der Waals surface area contributed by atoms with Gasteiger partial charge in [0.25, 0.3) is 0 Å². The third-order valence-corrected chi connectivity index (χ3v) is 1.88. The first-order chi connectivity index (χ1) is 6.22. The van der Waals surface area contributed by atoms with Gasteiger partial charge in [-0.3, -0.25) is 0 Å². The van der Waals surface area contributed by atoms with Gasteiger partial charge < -0.3 is 11.1 Å². The molecule has 0 heterocycles. The zero-order valence-electron chi connectivity index (χ0n) is 7.76. The number of nitrogens with one attached hydrogen (secondary N) is 1. The molecular weight excluding hydrogens is 167 g/mol. The zero-order chi connectivity index (χ0) is 9.68. The molecule has 3 heteroatoms. The predicted molar refractivity (Wildman–Crippen MR) is 53.1 cm³/mol. The summed E-state index contributed by atoms with van der Waals surface area (Å²) < 4.78 is 12.7. The molecule has 0 aromatic heterocycles. The largest absolute Gasteiger partial charge is 0.385 e. The van der Waals surface area contributed by atoms with Crippen LogP contribution in [0.2, 0.25) is 0 Å². The second kappa shape index (κ2) is 4.82. The minimum Gasteiger partial charge on any atom is -0.385 e. The summed E-state index contributed by atoms with van der Waals surface area (Å²) in [5, 5.41) is 3.12. The van der Waals surface area contributed by atoms with Crippen molar-refractivity contribution in [1.82, 2.24) is 0 Å². The van der Waals surface area contributed by atoms with Crippen LogP contribution in [-0.4, -0.2) is 13.1 Å². The molecule has 0 radical (unpaired) electrons. The Hall–Kier alpha value is -1.09. The topological polar surface area (TPSA) is 38.0 Å². The molecule has 0 spiro atoms. The Morgan fingerprint density at radius 2 is 2.31 bits per heavy atom. The van der Waals surface area contributed by atoms with Gasteiger partial charge in [-0.15, -0.1) is 0 Å². The minimum atomic E-state index is -0.217. The summed E-state index contributed by atoms with van der Waals surface area (Å²) in [6.45, 7) is 3.47. The molecule has 0 fully saturated rings. The minimum absolute atomic E-state index is 0.217. The maximum atomic E-state index is 12.7. The molecule has 1 aromatic carbocycles. The van der Waals surface area contributed by atoms with Crippen LogP contribution in [0, 0.1) is 11.7 Å². The Morgan fingerprint density at radius 1 is 1.54 bits per heavy atom. The van der Waals surface area contributed by atoms with Crippen molar-refractivity contribution in [3.8, 4) is 0 Å². The lowest BCUT2D eigenvalue weighted by atomic mass is 10.2. The first kappa shape index (κ1) is 9.99. The zero-order valence-corrected chi connectivity index (χ0v) is 7.76. The number of hydrogen-bond acceptors (Lipinski definition) is 2. The number of anilines is 1. The van der Waals surface area contributed by atoms with Crippen LogP contribution in [0.4, 0.5) is 10.1 Å². The highest BCUT2D eigenvalue weighted by Gasteiger charge is 1.98. The average molecular weight is 182 g/mol. The van der Waals surface area contributed by atoms with E-state index in [9.17, 15) is 4.39 Å². The summed E-state index contributed by atoms with van der Waals surface area (Å²) >= 11 is 0. The van der Waals surface area contributed by atoms with Crippen molar-refractivity contribution in [3.05, 3.63) is 30.1 Å². The van der Waals surface area contributed by atoms with Gasteiger partial charge in [0, 0.05) is 12.2 Å². The van der Waals surface area contributed by atoms with Crippen LogP contribution in [0.15, 0.2) is 24.3 Å². The van der Waals surface area contributed by atoms with Crippen LogP contribution in [0.1, 0.15) is 6.92 Å². The standard InChI is InChI=1S/C10H15FN2/c1-8(6-12)7-13-10-4-2-3-9(11)5-10/h2-5,8,13H,6-7,12H2,1H3. The van der Waals surface area contributed by atoms with E-state index in [0.29, 0.717) is 12.5 Å². The smallest absolute Gasteiger partial charge is 0.125 e. The average Bonchev–Trinajstić information content (AvgIpc) is 2.14. The third kappa shape index (κ3) is 3.42. The molecule has 0 aliphatic carbocycles. The number of rotatable bonds is 4. The first-order valence-corrected chi connectivity index (χ1v) is 4.42. The van der Waals surface area contributed by atoms with Crippen LogP contribution >= 0.6 is 0 Å². The molecule has 0 aliphatic heterocycles. The van der Waals surface area contributed by atoms with E-state index in [4.69, 9.17) is 5.73 Å². The van der Waals surface area contributed by atoms with Crippen LogP contribution < -0.4 is 11.1 Å². The van der Waals surface area contributed by atoms with E-state index >= 15 is 0 Å². The van der Waals surface area contributed by atoms with Gasteiger partial charge in [-0.05, 0) is 30.7 Å². The number of benzene rings is 1. The van der Waals surface area contributed by atoms with Crippen LogP contribution in [0.5, 0.6) is 0 Å². The Balaban J connectivity index is 2.45. The Bertz CT molecular complexity index is 263. The summed E-state index contributed by atoms with van der Waals surface area (Å²) in [6, 6.07) is 6.43. The van der Waals surface area contributed by atoms with Gasteiger partial charge >= 0.3 is 0 Å². The number of halogens is 1. The molecule has 1 aromatic rings. The molecule has 1 atom stereocenters. The fraction of sp³-hybridized carbons (Fsp3) is 0.400. The molecule has 72 valence electrons. The fourth-order valence-corrected chi connectivity index (χ4v) is 0.974. The Kier molecular flexibility index (Phi) is 3.71. The normalized spacial score (nSPS) is 12.5. The van der Waals surface area contributed by atoms with Gasteiger partial charge in [0.05, 0.1) is 0 Å². The van der Waals surface area contributed by atoms with E-state index < -0.39 is 0 Å². The van der Waals surface area contributed by atoms with Gasteiger partial charge in [-0.1, -0.05) is 13.0 Å². The van der Waals surface area contributed by atoms with Gasteiger partial charge in [0.15, 0.2) is 0 Å². The van der Waals surface area contributed by atoms with Crippen molar-refractivity contribution in [1.29, 1.82) is 0 Å². The second-order valence-electron chi connectivity index (χ2n) is 3.23. The van der Waals surface area contributed by atoms with E-state index in [1.807, 2.05) is 13.0 Å². The Morgan fingerprint density at radius 3 is 2.92 bits per heavy atom. The van der Waals surface area contributed by atoms with Crippen molar-refractivity contribution >= 4 is 5.69 Å². The molecule has 0 aliphatic rings. The molecule has 2 nitrogen and oxygen atoms in total. The highest BCUT2D eigenvalue weighted by molar-refractivity contribution is 5.42. The van der Waals surface area contributed by atoms with Crippen molar-refractivity contribution in [2.45, 2.75) is 6.92 Å². The molecule has 0 amide bonds. The molecule has 0 saturated carbocycles. The number of nitrogens with two attached hydrogens (primary N) is 1.